The molecule has 0 spiro atoms. The SMILES string of the molecule is CCOC(=O)NC(CN)c1cccc(C)c1. The first-order valence-electron chi connectivity index (χ1n) is 5.37. The summed E-state index contributed by atoms with van der Waals surface area (Å²) >= 11 is 0. The van der Waals surface area contributed by atoms with Gasteiger partial charge in [0.25, 0.3) is 0 Å². The number of nitrogens with two attached hydrogens (primary N) is 1. The van der Waals surface area contributed by atoms with Crippen molar-refractivity contribution >= 4 is 6.09 Å². The first-order chi connectivity index (χ1) is 7.67. The highest BCUT2D eigenvalue weighted by atomic mass is 16.5. The fourth-order valence-electron chi connectivity index (χ4n) is 1.48. The lowest BCUT2D eigenvalue weighted by atomic mass is 10.0. The van der Waals surface area contributed by atoms with Crippen molar-refractivity contribution in [3.05, 3.63) is 35.4 Å². The Morgan fingerprint density at radius 3 is 2.88 bits per heavy atom. The monoisotopic (exact) mass is 222 g/mol. The number of hydrogen-bond acceptors (Lipinski definition) is 3. The molecule has 0 radical (unpaired) electrons. The summed E-state index contributed by atoms with van der Waals surface area (Å²) < 4.78 is 4.82. The molecule has 1 aromatic rings. The average Bonchev–Trinajstić information content (AvgIpc) is 2.26. The van der Waals surface area contributed by atoms with E-state index >= 15 is 0 Å². The van der Waals surface area contributed by atoms with E-state index in [1.165, 1.54) is 0 Å². The number of hydrogen-bond donors (Lipinski definition) is 2. The maximum Gasteiger partial charge on any atom is 0.407 e. The number of carbonyl (C=O) groups excluding carboxylic acids is 1. The van der Waals surface area contributed by atoms with Gasteiger partial charge in [-0.25, -0.2) is 4.79 Å². The summed E-state index contributed by atoms with van der Waals surface area (Å²) in [5.41, 5.74) is 7.77. The average molecular weight is 222 g/mol. The van der Waals surface area contributed by atoms with E-state index in [0.29, 0.717) is 13.2 Å². The highest BCUT2D eigenvalue weighted by Gasteiger charge is 2.13. The molecule has 0 heterocycles. The Balaban J connectivity index is 2.70. The van der Waals surface area contributed by atoms with Crippen LogP contribution in [-0.2, 0) is 4.74 Å². The van der Waals surface area contributed by atoms with E-state index in [2.05, 4.69) is 5.32 Å². The number of alkyl carbamates (subject to hydrolysis) is 1. The molecule has 3 N–H and O–H groups in total. The maximum atomic E-state index is 11.3. The first kappa shape index (κ1) is 12.5. The second kappa shape index (κ2) is 6.12. The highest BCUT2D eigenvalue weighted by molar-refractivity contribution is 5.67. The second-order valence-electron chi connectivity index (χ2n) is 3.57. The van der Waals surface area contributed by atoms with Crippen molar-refractivity contribution in [2.24, 2.45) is 5.73 Å². The molecule has 1 rings (SSSR count). The minimum absolute atomic E-state index is 0.195. The van der Waals surface area contributed by atoms with Crippen molar-refractivity contribution in [1.82, 2.24) is 5.32 Å². The predicted octanol–water partition coefficient (Wildman–Crippen LogP) is 1.74. The van der Waals surface area contributed by atoms with Gasteiger partial charge in [-0.3, -0.25) is 0 Å². The molecule has 0 fully saturated rings. The Bertz CT molecular complexity index is 353. The van der Waals surface area contributed by atoms with E-state index in [-0.39, 0.29) is 6.04 Å². The molecule has 0 aliphatic rings. The molecule has 0 saturated heterocycles. The number of carbonyl (C=O) groups is 1. The standard InChI is InChI=1S/C12H18N2O2/c1-3-16-12(15)14-11(8-13)10-6-4-5-9(2)7-10/h4-7,11H,3,8,13H2,1-2H3,(H,14,15). The molecule has 1 aromatic carbocycles. The summed E-state index contributed by atoms with van der Waals surface area (Å²) in [6.07, 6.45) is -0.431. The lowest BCUT2D eigenvalue weighted by Gasteiger charge is -2.17. The third-order valence-corrected chi connectivity index (χ3v) is 2.25. The van der Waals surface area contributed by atoms with Crippen LogP contribution in [0.2, 0.25) is 0 Å². The molecule has 4 nitrogen and oxygen atoms in total. The zero-order valence-electron chi connectivity index (χ0n) is 9.69. The number of amides is 1. The van der Waals surface area contributed by atoms with Gasteiger partial charge in [0, 0.05) is 6.54 Å². The van der Waals surface area contributed by atoms with Crippen LogP contribution in [0.25, 0.3) is 0 Å². The minimum Gasteiger partial charge on any atom is -0.450 e. The fraction of sp³-hybridized carbons (Fsp3) is 0.417. The topological polar surface area (TPSA) is 64.3 Å². The summed E-state index contributed by atoms with van der Waals surface area (Å²) in [6, 6.07) is 7.70. The lowest BCUT2D eigenvalue weighted by Crippen LogP contribution is -2.33. The van der Waals surface area contributed by atoms with Crippen LogP contribution in [0, 0.1) is 6.92 Å². The molecule has 16 heavy (non-hydrogen) atoms. The largest absolute Gasteiger partial charge is 0.450 e. The highest BCUT2D eigenvalue weighted by Crippen LogP contribution is 2.13. The van der Waals surface area contributed by atoms with Gasteiger partial charge >= 0.3 is 6.09 Å². The Morgan fingerprint density at radius 1 is 1.56 bits per heavy atom. The van der Waals surface area contributed by atoms with Gasteiger partial charge in [-0.05, 0) is 19.4 Å². The van der Waals surface area contributed by atoms with E-state index < -0.39 is 6.09 Å². The van der Waals surface area contributed by atoms with Crippen LogP contribution in [0.1, 0.15) is 24.1 Å². The molecule has 1 atom stereocenters. The molecule has 0 bridgehead atoms. The molecule has 1 amide bonds. The van der Waals surface area contributed by atoms with Crippen LogP contribution in [-0.4, -0.2) is 19.2 Å². The molecule has 0 aliphatic heterocycles. The third-order valence-electron chi connectivity index (χ3n) is 2.25. The number of benzene rings is 1. The van der Waals surface area contributed by atoms with Gasteiger partial charge in [0.2, 0.25) is 0 Å². The van der Waals surface area contributed by atoms with Crippen LogP contribution in [0.15, 0.2) is 24.3 Å². The Morgan fingerprint density at radius 2 is 2.31 bits per heavy atom. The van der Waals surface area contributed by atoms with E-state index in [1.54, 1.807) is 6.92 Å². The van der Waals surface area contributed by atoms with Crippen molar-refractivity contribution in [2.75, 3.05) is 13.2 Å². The second-order valence-corrected chi connectivity index (χ2v) is 3.57. The lowest BCUT2D eigenvalue weighted by molar-refractivity contribution is 0.148. The molecule has 0 aliphatic carbocycles. The van der Waals surface area contributed by atoms with Crippen molar-refractivity contribution in [3.63, 3.8) is 0 Å². The van der Waals surface area contributed by atoms with Crippen LogP contribution >= 0.6 is 0 Å². The number of aryl methyl sites for hydroxylation is 1. The molecule has 1 unspecified atom stereocenters. The summed E-state index contributed by atoms with van der Waals surface area (Å²) in [7, 11) is 0. The third kappa shape index (κ3) is 3.55. The van der Waals surface area contributed by atoms with E-state index in [1.807, 2.05) is 31.2 Å². The molecule has 88 valence electrons. The van der Waals surface area contributed by atoms with E-state index in [9.17, 15) is 4.79 Å². The quantitative estimate of drug-likeness (QED) is 0.815. The fourth-order valence-corrected chi connectivity index (χ4v) is 1.48. The van der Waals surface area contributed by atoms with E-state index in [0.717, 1.165) is 11.1 Å². The normalized spacial score (nSPS) is 11.9. The van der Waals surface area contributed by atoms with Crippen LogP contribution in [0.5, 0.6) is 0 Å². The zero-order chi connectivity index (χ0) is 12.0. The summed E-state index contributed by atoms with van der Waals surface area (Å²) in [4.78, 5) is 11.3. The maximum absolute atomic E-state index is 11.3. The van der Waals surface area contributed by atoms with Gasteiger partial charge in [0.1, 0.15) is 0 Å². The minimum atomic E-state index is -0.431. The van der Waals surface area contributed by atoms with Gasteiger partial charge in [-0.2, -0.15) is 0 Å². The number of rotatable bonds is 4. The Kier molecular flexibility index (Phi) is 4.79. The summed E-state index contributed by atoms with van der Waals surface area (Å²) in [6.45, 7) is 4.48. The Labute approximate surface area is 95.8 Å². The van der Waals surface area contributed by atoms with Crippen LogP contribution in [0.3, 0.4) is 0 Å². The van der Waals surface area contributed by atoms with Crippen molar-refractivity contribution in [3.8, 4) is 0 Å². The molecule has 4 heteroatoms. The van der Waals surface area contributed by atoms with Gasteiger partial charge in [-0.15, -0.1) is 0 Å². The Hall–Kier alpha value is -1.55. The first-order valence-corrected chi connectivity index (χ1v) is 5.37. The van der Waals surface area contributed by atoms with Crippen molar-refractivity contribution < 1.29 is 9.53 Å². The predicted molar refractivity (Wildman–Crippen MR) is 63.1 cm³/mol. The molecular formula is C12H18N2O2. The van der Waals surface area contributed by atoms with Crippen LogP contribution < -0.4 is 11.1 Å². The van der Waals surface area contributed by atoms with Crippen LogP contribution in [0.4, 0.5) is 4.79 Å². The smallest absolute Gasteiger partial charge is 0.407 e. The van der Waals surface area contributed by atoms with E-state index in [4.69, 9.17) is 10.5 Å². The van der Waals surface area contributed by atoms with Crippen molar-refractivity contribution in [2.45, 2.75) is 19.9 Å². The number of nitrogens with one attached hydrogen (secondary N) is 1. The zero-order valence-corrected chi connectivity index (χ0v) is 9.69. The van der Waals surface area contributed by atoms with Gasteiger partial charge in [-0.1, -0.05) is 29.8 Å². The van der Waals surface area contributed by atoms with Gasteiger partial charge in [0.05, 0.1) is 12.6 Å². The molecule has 0 aromatic heterocycles. The summed E-state index contributed by atoms with van der Waals surface area (Å²) in [5.74, 6) is 0. The van der Waals surface area contributed by atoms with Gasteiger partial charge < -0.3 is 15.8 Å². The number of ether oxygens (including phenoxy) is 1. The van der Waals surface area contributed by atoms with Crippen molar-refractivity contribution in [1.29, 1.82) is 0 Å². The molecule has 0 saturated carbocycles. The molecular weight excluding hydrogens is 204 g/mol. The summed E-state index contributed by atoms with van der Waals surface area (Å²) in [5, 5.41) is 2.72. The van der Waals surface area contributed by atoms with Gasteiger partial charge in [0.15, 0.2) is 0 Å².